The van der Waals surface area contributed by atoms with Crippen LogP contribution >= 0.6 is 11.3 Å². The fourth-order valence-corrected chi connectivity index (χ4v) is 6.49. The Morgan fingerprint density at radius 2 is 2.00 bits per heavy atom. The number of H-pyrrole nitrogens is 2. The number of nitrogens with zero attached hydrogens (tertiary/aromatic N) is 4. The number of sulfonamides is 1. The zero-order valence-corrected chi connectivity index (χ0v) is 17.1. The number of nitrogens with one attached hydrogen (secondary N) is 2. The van der Waals surface area contributed by atoms with E-state index in [1.54, 1.807) is 10.4 Å². The largest absolute Gasteiger partial charge is 0.282 e. The van der Waals surface area contributed by atoms with E-state index in [9.17, 15) is 8.42 Å². The fourth-order valence-electron chi connectivity index (χ4n) is 3.45. The highest BCUT2D eigenvalue weighted by atomic mass is 32.2. The van der Waals surface area contributed by atoms with Gasteiger partial charge in [0.2, 0.25) is 10.0 Å². The third-order valence-electron chi connectivity index (χ3n) is 4.81. The van der Waals surface area contributed by atoms with Crippen molar-refractivity contribution in [1.82, 2.24) is 29.7 Å². The molecule has 1 aliphatic heterocycles. The number of rotatable bonds is 4. The summed E-state index contributed by atoms with van der Waals surface area (Å²) in [5.41, 5.74) is 1.72. The van der Waals surface area contributed by atoms with Gasteiger partial charge in [0.05, 0.1) is 9.77 Å². The summed E-state index contributed by atoms with van der Waals surface area (Å²) < 4.78 is 28.2. The van der Waals surface area contributed by atoms with Crippen molar-refractivity contribution in [3.05, 3.63) is 34.4 Å². The van der Waals surface area contributed by atoms with Crippen molar-refractivity contribution in [3.63, 3.8) is 0 Å². The molecule has 144 valence electrons. The molecule has 4 heterocycles. The van der Waals surface area contributed by atoms with Crippen LogP contribution in [0, 0.1) is 20.8 Å². The minimum Gasteiger partial charge on any atom is -0.282 e. The average molecular weight is 407 g/mol. The second-order valence-electron chi connectivity index (χ2n) is 6.95. The molecule has 1 aliphatic rings. The summed E-state index contributed by atoms with van der Waals surface area (Å²) in [6, 6.07) is 3.66. The lowest BCUT2D eigenvalue weighted by atomic mass is 9.99. The molecule has 3 aromatic heterocycles. The first-order valence-electron chi connectivity index (χ1n) is 8.86. The van der Waals surface area contributed by atoms with Crippen LogP contribution in [-0.2, 0) is 10.0 Å². The predicted octanol–water partition coefficient (Wildman–Crippen LogP) is 2.75. The standard InChI is InChI=1S/C17H22N6O2S2/c1-10-7-14(21-19-10)15-8-16(11(2)26-15)27(24,25)23-6-4-5-13(9-23)17-18-12(3)20-22-17/h7-8,13H,4-6,9H2,1-3H3,(H,19,21)(H,18,20,22). The van der Waals surface area contributed by atoms with E-state index in [0.717, 1.165) is 39.8 Å². The van der Waals surface area contributed by atoms with Gasteiger partial charge in [-0.25, -0.2) is 13.4 Å². The molecule has 4 rings (SSSR count). The van der Waals surface area contributed by atoms with Gasteiger partial charge in [0.25, 0.3) is 0 Å². The number of hydrogen-bond donors (Lipinski definition) is 2. The Bertz CT molecular complexity index is 1070. The van der Waals surface area contributed by atoms with E-state index < -0.39 is 10.0 Å². The van der Waals surface area contributed by atoms with E-state index in [-0.39, 0.29) is 5.92 Å². The summed E-state index contributed by atoms with van der Waals surface area (Å²) >= 11 is 1.45. The van der Waals surface area contributed by atoms with Crippen LogP contribution in [0.3, 0.4) is 0 Å². The van der Waals surface area contributed by atoms with Crippen LogP contribution in [0.2, 0.25) is 0 Å². The first-order valence-corrected chi connectivity index (χ1v) is 11.1. The maximum absolute atomic E-state index is 13.3. The minimum absolute atomic E-state index is 0.0193. The third kappa shape index (κ3) is 3.44. The molecule has 0 amide bonds. The zero-order chi connectivity index (χ0) is 19.2. The highest BCUT2D eigenvalue weighted by Crippen LogP contribution is 2.36. The lowest BCUT2D eigenvalue weighted by Gasteiger charge is -2.30. The first-order chi connectivity index (χ1) is 12.8. The van der Waals surface area contributed by atoms with Crippen LogP contribution in [-0.4, -0.2) is 51.2 Å². The molecular formula is C17H22N6O2S2. The van der Waals surface area contributed by atoms with Gasteiger partial charge in [-0.3, -0.25) is 10.2 Å². The number of piperidine rings is 1. The van der Waals surface area contributed by atoms with E-state index in [1.165, 1.54) is 11.3 Å². The topological polar surface area (TPSA) is 108 Å². The maximum atomic E-state index is 13.3. The molecule has 0 spiro atoms. The lowest BCUT2D eigenvalue weighted by molar-refractivity contribution is 0.309. The quantitative estimate of drug-likeness (QED) is 0.693. The van der Waals surface area contributed by atoms with E-state index in [4.69, 9.17) is 0 Å². The van der Waals surface area contributed by atoms with Gasteiger partial charge in [0, 0.05) is 29.6 Å². The van der Waals surface area contributed by atoms with Crippen molar-refractivity contribution in [3.8, 4) is 10.6 Å². The van der Waals surface area contributed by atoms with Crippen LogP contribution in [0.4, 0.5) is 0 Å². The van der Waals surface area contributed by atoms with Gasteiger partial charge in [-0.2, -0.15) is 14.5 Å². The molecule has 0 aromatic carbocycles. The van der Waals surface area contributed by atoms with Crippen LogP contribution in [0.15, 0.2) is 17.0 Å². The number of thiophene rings is 1. The van der Waals surface area contributed by atoms with Gasteiger partial charge in [0.1, 0.15) is 11.5 Å². The molecule has 10 heteroatoms. The van der Waals surface area contributed by atoms with Gasteiger partial charge < -0.3 is 0 Å². The maximum Gasteiger partial charge on any atom is 0.244 e. The number of aromatic nitrogens is 5. The Morgan fingerprint density at radius 1 is 1.19 bits per heavy atom. The van der Waals surface area contributed by atoms with Crippen LogP contribution in [0.25, 0.3) is 10.6 Å². The smallest absolute Gasteiger partial charge is 0.244 e. The van der Waals surface area contributed by atoms with Crippen molar-refractivity contribution < 1.29 is 8.42 Å². The van der Waals surface area contributed by atoms with Gasteiger partial charge in [0.15, 0.2) is 5.82 Å². The van der Waals surface area contributed by atoms with Crippen molar-refractivity contribution in [2.75, 3.05) is 13.1 Å². The molecule has 1 unspecified atom stereocenters. The van der Waals surface area contributed by atoms with Gasteiger partial charge in [-0.15, -0.1) is 11.3 Å². The number of aryl methyl sites for hydroxylation is 3. The molecule has 2 N–H and O–H groups in total. The third-order valence-corrected chi connectivity index (χ3v) is 8.01. The first kappa shape index (κ1) is 18.3. The van der Waals surface area contributed by atoms with E-state index >= 15 is 0 Å². The molecule has 0 bridgehead atoms. The number of hydrogen-bond acceptors (Lipinski definition) is 6. The molecule has 1 fully saturated rings. The van der Waals surface area contributed by atoms with Crippen molar-refractivity contribution in [2.45, 2.75) is 44.4 Å². The number of aromatic amines is 2. The highest BCUT2D eigenvalue weighted by Gasteiger charge is 2.34. The molecule has 0 saturated carbocycles. The van der Waals surface area contributed by atoms with Crippen molar-refractivity contribution in [1.29, 1.82) is 0 Å². The molecule has 3 aromatic rings. The molecule has 0 radical (unpaired) electrons. The van der Waals surface area contributed by atoms with Crippen molar-refractivity contribution in [2.24, 2.45) is 0 Å². The van der Waals surface area contributed by atoms with Crippen LogP contribution < -0.4 is 0 Å². The van der Waals surface area contributed by atoms with Gasteiger partial charge in [-0.1, -0.05) is 0 Å². The molecule has 0 aliphatic carbocycles. The minimum atomic E-state index is -3.57. The van der Waals surface area contributed by atoms with Crippen LogP contribution in [0.5, 0.6) is 0 Å². The Hall–Kier alpha value is -2.04. The Balaban J connectivity index is 1.62. The lowest BCUT2D eigenvalue weighted by Crippen LogP contribution is -2.39. The van der Waals surface area contributed by atoms with Crippen molar-refractivity contribution >= 4 is 21.4 Å². The van der Waals surface area contributed by atoms with Gasteiger partial charge in [-0.05, 0) is 45.7 Å². The average Bonchev–Trinajstić information content (AvgIpc) is 3.35. The Labute approximate surface area is 162 Å². The van der Waals surface area contributed by atoms with E-state index in [2.05, 4.69) is 25.4 Å². The van der Waals surface area contributed by atoms with Crippen LogP contribution in [0.1, 0.15) is 41.0 Å². The summed E-state index contributed by atoms with van der Waals surface area (Å²) in [6.07, 6.45) is 1.69. The zero-order valence-electron chi connectivity index (χ0n) is 15.5. The molecule has 1 atom stereocenters. The summed E-state index contributed by atoms with van der Waals surface area (Å²) in [6.45, 7) is 6.55. The van der Waals surface area contributed by atoms with Gasteiger partial charge >= 0.3 is 0 Å². The summed E-state index contributed by atoms with van der Waals surface area (Å²) in [5, 5.41) is 14.2. The highest BCUT2D eigenvalue weighted by molar-refractivity contribution is 7.89. The summed E-state index contributed by atoms with van der Waals surface area (Å²) in [7, 11) is -3.57. The second kappa shape index (κ2) is 6.84. The normalized spacial score (nSPS) is 18.9. The molecule has 8 nitrogen and oxygen atoms in total. The molecule has 1 saturated heterocycles. The Morgan fingerprint density at radius 3 is 2.67 bits per heavy atom. The van der Waals surface area contributed by atoms with E-state index in [1.807, 2.05) is 26.8 Å². The monoisotopic (exact) mass is 406 g/mol. The summed E-state index contributed by atoms with van der Waals surface area (Å²) in [5.74, 6) is 1.46. The molecule has 27 heavy (non-hydrogen) atoms. The second-order valence-corrected chi connectivity index (χ2v) is 10.1. The predicted molar refractivity (Wildman–Crippen MR) is 103 cm³/mol. The summed E-state index contributed by atoms with van der Waals surface area (Å²) in [4.78, 5) is 6.39. The molecular weight excluding hydrogens is 384 g/mol. The Kier molecular flexibility index (Phi) is 4.65. The SMILES string of the molecule is Cc1cc(-c2cc(S(=O)(=O)N3CCCC(c4n[nH]c(C)n4)C3)c(C)s2)n[nH]1. The fraction of sp³-hybridized carbons (Fsp3) is 0.471. The van der Waals surface area contributed by atoms with E-state index in [0.29, 0.717) is 23.8 Å².